The van der Waals surface area contributed by atoms with Gasteiger partial charge in [-0.1, -0.05) is 6.92 Å². The fourth-order valence-electron chi connectivity index (χ4n) is 2.08. The summed E-state index contributed by atoms with van der Waals surface area (Å²) in [6, 6.07) is 4.91. The van der Waals surface area contributed by atoms with Gasteiger partial charge >= 0.3 is 0 Å². The van der Waals surface area contributed by atoms with E-state index in [4.69, 9.17) is 0 Å². The molecule has 0 saturated heterocycles. The molecule has 0 radical (unpaired) electrons. The zero-order chi connectivity index (χ0) is 14.4. The van der Waals surface area contributed by atoms with E-state index in [0.717, 1.165) is 44.1 Å². The average molecular weight is 277 g/mol. The summed E-state index contributed by atoms with van der Waals surface area (Å²) in [5.41, 5.74) is 1.03. The van der Waals surface area contributed by atoms with Crippen LogP contribution in [0.1, 0.15) is 31.9 Å². The van der Waals surface area contributed by atoms with Gasteiger partial charge in [0.2, 0.25) is 0 Å². The molecule has 5 heteroatoms. The molecule has 2 rings (SSSR count). The summed E-state index contributed by atoms with van der Waals surface area (Å²) in [6.07, 6.45) is 3.74. The average Bonchev–Trinajstić information content (AvgIpc) is 3.26. The maximum absolute atomic E-state index is 4.39. The fraction of sp³-hybridized carbons (Fsp3) is 0.733. The van der Waals surface area contributed by atoms with E-state index in [1.54, 1.807) is 0 Å². The number of nitrogens with zero attached hydrogens (tertiary/aromatic N) is 4. The monoisotopic (exact) mass is 277 g/mol. The van der Waals surface area contributed by atoms with Crippen molar-refractivity contribution in [3.8, 4) is 0 Å². The molecule has 1 heterocycles. The first-order chi connectivity index (χ1) is 9.69. The maximum Gasteiger partial charge on any atom is 0.151 e. The molecule has 112 valence electrons. The molecule has 0 aromatic carbocycles. The summed E-state index contributed by atoms with van der Waals surface area (Å²) in [5, 5.41) is 12.2. The molecule has 1 N–H and O–H groups in total. The van der Waals surface area contributed by atoms with E-state index in [0.29, 0.717) is 6.04 Å². The summed E-state index contributed by atoms with van der Waals surface area (Å²) in [7, 11) is 4.20. The Hall–Kier alpha value is -1.20. The van der Waals surface area contributed by atoms with Gasteiger partial charge in [0.05, 0.1) is 5.69 Å². The first-order valence-electron chi connectivity index (χ1n) is 7.64. The maximum atomic E-state index is 4.39. The minimum atomic E-state index is 0.716. The minimum Gasteiger partial charge on any atom is -0.354 e. The van der Waals surface area contributed by atoms with Crippen LogP contribution in [-0.4, -0.2) is 54.9 Å². The van der Waals surface area contributed by atoms with Crippen LogP contribution in [0.3, 0.4) is 0 Å². The number of rotatable bonds is 9. The lowest BCUT2D eigenvalue weighted by atomic mass is 10.3. The van der Waals surface area contributed by atoms with Crippen LogP contribution in [-0.2, 0) is 6.54 Å². The Kier molecular flexibility index (Phi) is 5.73. The van der Waals surface area contributed by atoms with E-state index in [1.807, 2.05) is 0 Å². The molecule has 20 heavy (non-hydrogen) atoms. The summed E-state index contributed by atoms with van der Waals surface area (Å²) in [4.78, 5) is 4.51. The third kappa shape index (κ3) is 5.06. The van der Waals surface area contributed by atoms with Crippen LogP contribution in [0, 0.1) is 0 Å². The van der Waals surface area contributed by atoms with Gasteiger partial charge in [-0.2, -0.15) is 5.10 Å². The van der Waals surface area contributed by atoms with Gasteiger partial charge in [-0.3, -0.25) is 0 Å². The number of nitrogens with one attached hydrogen (secondary N) is 1. The smallest absolute Gasteiger partial charge is 0.151 e. The van der Waals surface area contributed by atoms with Crippen LogP contribution in [0.4, 0.5) is 5.82 Å². The number of aromatic nitrogens is 2. The normalized spacial score (nSPS) is 14.8. The Morgan fingerprint density at radius 1 is 1.15 bits per heavy atom. The predicted octanol–water partition coefficient (Wildman–Crippen LogP) is 1.51. The second kappa shape index (κ2) is 7.55. The van der Waals surface area contributed by atoms with Crippen molar-refractivity contribution in [3.05, 3.63) is 17.8 Å². The molecule has 1 aliphatic carbocycles. The van der Waals surface area contributed by atoms with Crippen molar-refractivity contribution in [2.45, 2.75) is 38.8 Å². The molecule has 0 aliphatic heterocycles. The number of hydrogen-bond donors (Lipinski definition) is 1. The number of hydrogen-bond acceptors (Lipinski definition) is 5. The van der Waals surface area contributed by atoms with E-state index >= 15 is 0 Å². The van der Waals surface area contributed by atoms with Gasteiger partial charge in [0, 0.05) is 32.2 Å². The van der Waals surface area contributed by atoms with E-state index < -0.39 is 0 Å². The molecule has 1 aromatic heterocycles. The largest absolute Gasteiger partial charge is 0.354 e. The Bertz CT molecular complexity index is 386. The highest BCUT2D eigenvalue weighted by molar-refractivity contribution is 5.37. The van der Waals surface area contributed by atoms with Crippen molar-refractivity contribution in [1.29, 1.82) is 0 Å². The summed E-state index contributed by atoms with van der Waals surface area (Å²) in [5.74, 6) is 0.990. The molecule has 0 spiro atoms. The van der Waals surface area contributed by atoms with Crippen LogP contribution >= 0.6 is 0 Å². The molecule has 5 nitrogen and oxygen atoms in total. The van der Waals surface area contributed by atoms with E-state index in [9.17, 15) is 0 Å². The number of likely N-dealkylation sites (N-methyl/N-ethyl adjacent to an activating group) is 1. The molecule has 0 unspecified atom stereocenters. The second-order valence-electron chi connectivity index (χ2n) is 5.83. The molecule has 1 aromatic rings. The van der Waals surface area contributed by atoms with Gasteiger partial charge < -0.3 is 15.1 Å². The Morgan fingerprint density at radius 3 is 2.50 bits per heavy atom. The van der Waals surface area contributed by atoms with Crippen molar-refractivity contribution in [2.24, 2.45) is 0 Å². The van der Waals surface area contributed by atoms with Gasteiger partial charge in [-0.25, -0.2) is 0 Å². The Balaban J connectivity index is 1.89. The van der Waals surface area contributed by atoms with E-state index in [2.05, 4.69) is 58.5 Å². The first-order valence-corrected chi connectivity index (χ1v) is 7.64. The van der Waals surface area contributed by atoms with Crippen molar-refractivity contribution >= 4 is 5.82 Å². The summed E-state index contributed by atoms with van der Waals surface area (Å²) >= 11 is 0. The van der Waals surface area contributed by atoms with Crippen LogP contribution in [0.25, 0.3) is 0 Å². The first kappa shape index (κ1) is 15.2. The minimum absolute atomic E-state index is 0.716. The molecule has 1 aliphatic rings. The molecule has 1 saturated carbocycles. The Labute approximate surface area is 122 Å². The van der Waals surface area contributed by atoms with Crippen LogP contribution in [0.5, 0.6) is 0 Å². The van der Waals surface area contributed by atoms with Gasteiger partial charge in [0.15, 0.2) is 5.82 Å². The van der Waals surface area contributed by atoms with E-state index in [1.165, 1.54) is 12.8 Å². The van der Waals surface area contributed by atoms with Crippen molar-refractivity contribution in [2.75, 3.05) is 38.6 Å². The highest BCUT2D eigenvalue weighted by Crippen LogP contribution is 2.19. The van der Waals surface area contributed by atoms with Crippen molar-refractivity contribution in [1.82, 2.24) is 20.4 Å². The Morgan fingerprint density at radius 2 is 1.95 bits per heavy atom. The third-order valence-corrected chi connectivity index (χ3v) is 3.49. The van der Waals surface area contributed by atoms with Gasteiger partial charge in [-0.05, 0) is 45.5 Å². The highest BCUT2D eigenvalue weighted by Gasteiger charge is 2.20. The topological polar surface area (TPSA) is 44.3 Å². The molecule has 1 fully saturated rings. The van der Waals surface area contributed by atoms with Gasteiger partial charge in [-0.15, -0.1) is 5.10 Å². The van der Waals surface area contributed by atoms with Crippen LogP contribution in [0.2, 0.25) is 0 Å². The zero-order valence-electron chi connectivity index (χ0n) is 13.0. The molecule has 0 atom stereocenters. The molecule has 0 bridgehead atoms. The lowest BCUT2D eigenvalue weighted by Crippen LogP contribution is -2.33. The van der Waals surface area contributed by atoms with Crippen LogP contribution in [0.15, 0.2) is 12.1 Å². The van der Waals surface area contributed by atoms with Gasteiger partial charge in [0.1, 0.15) is 0 Å². The zero-order valence-corrected chi connectivity index (χ0v) is 13.0. The van der Waals surface area contributed by atoms with Crippen molar-refractivity contribution < 1.29 is 0 Å². The summed E-state index contributed by atoms with van der Waals surface area (Å²) < 4.78 is 0. The molecule has 0 amide bonds. The fourth-order valence-corrected chi connectivity index (χ4v) is 2.08. The van der Waals surface area contributed by atoms with Crippen LogP contribution < -0.4 is 10.2 Å². The second-order valence-corrected chi connectivity index (χ2v) is 5.83. The van der Waals surface area contributed by atoms with Gasteiger partial charge in [0.25, 0.3) is 0 Å². The third-order valence-electron chi connectivity index (χ3n) is 3.49. The lowest BCUT2D eigenvalue weighted by molar-refractivity contribution is 0.412. The SMILES string of the molecule is CCCN(CCN(C)C)c1ccc(CNC2CC2)nn1. The standard InChI is InChI=1S/C15H27N5/c1-4-9-20(11-10-19(2)3)15-8-7-14(17-18-15)12-16-13-5-6-13/h7-8,13,16H,4-6,9-12H2,1-3H3. The number of anilines is 1. The predicted molar refractivity (Wildman–Crippen MR) is 83.0 cm³/mol. The highest BCUT2D eigenvalue weighted by atomic mass is 15.3. The van der Waals surface area contributed by atoms with Crippen molar-refractivity contribution in [3.63, 3.8) is 0 Å². The molecular weight excluding hydrogens is 250 g/mol. The molecular formula is C15H27N5. The quantitative estimate of drug-likeness (QED) is 0.741. The lowest BCUT2D eigenvalue weighted by Gasteiger charge is -2.24. The van der Waals surface area contributed by atoms with E-state index in [-0.39, 0.29) is 0 Å². The summed E-state index contributed by atoms with van der Waals surface area (Å²) in [6.45, 7) is 6.09.